The highest BCUT2D eigenvalue weighted by molar-refractivity contribution is 7.22. The van der Waals surface area contributed by atoms with Crippen LogP contribution in [0.15, 0.2) is 79.0 Å². The van der Waals surface area contributed by atoms with Gasteiger partial charge in [0.15, 0.2) is 5.13 Å². The van der Waals surface area contributed by atoms with Crippen molar-refractivity contribution in [1.82, 2.24) is 35.3 Å². The Labute approximate surface area is 461 Å². The molecule has 1 unspecified atom stereocenters. The fourth-order valence-corrected chi connectivity index (χ4v) is 14.2. The minimum atomic E-state index is -1.03. The van der Waals surface area contributed by atoms with Crippen LogP contribution < -0.4 is 20.9 Å². The first-order valence-corrected chi connectivity index (χ1v) is 28.2. The van der Waals surface area contributed by atoms with Crippen LogP contribution >= 0.6 is 11.3 Å². The van der Waals surface area contributed by atoms with Crippen LogP contribution in [-0.4, -0.2) is 119 Å². The summed E-state index contributed by atoms with van der Waals surface area (Å²) in [4.78, 5) is 91.2. The molecule has 1 saturated heterocycles. The van der Waals surface area contributed by atoms with Gasteiger partial charge >= 0.3 is 0 Å². The molecule has 1 atom stereocenters. The number of hydrogen-bond acceptors (Lipinski definition) is 14. The number of aromatic nitrogens is 4. The summed E-state index contributed by atoms with van der Waals surface area (Å²) in [7, 11) is 0. The van der Waals surface area contributed by atoms with Gasteiger partial charge in [0.2, 0.25) is 11.8 Å². The van der Waals surface area contributed by atoms with Gasteiger partial charge in [-0.25, -0.2) is 9.97 Å². The molecular formula is C60H61N9O9S. The van der Waals surface area contributed by atoms with Gasteiger partial charge in [0.1, 0.15) is 24.2 Å². The van der Waals surface area contributed by atoms with E-state index >= 15 is 0 Å². The molecule has 13 rings (SSSR count). The fourth-order valence-electron chi connectivity index (χ4n) is 13.3. The number of anilines is 2. The van der Waals surface area contributed by atoms with Gasteiger partial charge in [0.25, 0.3) is 23.6 Å². The monoisotopic (exact) mass is 1080 g/mol. The lowest BCUT2D eigenvalue weighted by Crippen LogP contribution is -2.54. The number of hydrogen-bond donors (Lipinski definition) is 3. The SMILES string of the molecule is Cc1c(-c2ccc(N3CCc4cccc(C(=O)Nc5nc6ccccc6s5)c4C3)nc2C(=O)NCCOCCOCCOCC#Cc2ccc3c(c2)C(=O)N(C2CCC(=O)NC2=O)C3=O)cnn1CC12CC3CC(CC(C3)C1)C2. The van der Waals surface area contributed by atoms with Gasteiger partial charge in [-0.05, 0) is 141 Å². The lowest BCUT2D eigenvalue weighted by Gasteiger charge is -2.56. The maximum Gasteiger partial charge on any atom is 0.270 e. The van der Waals surface area contributed by atoms with Crippen molar-refractivity contribution in [2.24, 2.45) is 23.2 Å². The molecule has 79 heavy (non-hydrogen) atoms. The molecule has 4 bridgehead atoms. The van der Waals surface area contributed by atoms with Gasteiger partial charge < -0.3 is 24.4 Å². The van der Waals surface area contributed by atoms with E-state index in [4.69, 9.17) is 24.3 Å². The number of thiazole rings is 1. The van der Waals surface area contributed by atoms with Crippen LogP contribution in [0.25, 0.3) is 21.3 Å². The molecule has 6 heterocycles. The Hall–Kier alpha value is -7.63. The van der Waals surface area contributed by atoms with Gasteiger partial charge in [-0.2, -0.15) is 5.10 Å². The fraction of sp³-hybridized carbons (Fsp3) is 0.417. The second kappa shape index (κ2) is 22.2. The second-order valence-corrected chi connectivity index (χ2v) is 22.9. The molecular weight excluding hydrogens is 1020 g/mol. The van der Waals surface area contributed by atoms with E-state index in [-0.39, 0.29) is 67.6 Å². The van der Waals surface area contributed by atoms with Crippen molar-refractivity contribution >= 4 is 67.9 Å². The number of amides is 6. The topological polar surface area (TPSA) is 216 Å². The highest BCUT2D eigenvalue weighted by atomic mass is 32.1. The second-order valence-electron chi connectivity index (χ2n) is 21.9. The molecule has 7 aliphatic rings. The largest absolute Gasteiger partial charge is 0.377 e. The van der Waals surface area contributed by atoms with E-state index in [1.165, 1.54) is 62.0 Å². The third-order valence-electron chi connectivity index (χ3n) is 16.6. The minimum Gasteiger partial charge on any atom is -0.377 e. The number of nitrogens with zero attached hydrogens (tertiary/aromatic N) is 6. The van der Waals surface area contributed by atoms with Gasteiger partial charge in [-0.3, -0.25) is 49.0 Å². The summed E-state index contributed by atoms with van der Waals surface area (Å²) in [5.74, 6) is 6.19. The van der Waals surface area contributed by atoms with Crippen molar-refractivity contribution in [3.05, 3.63) is 124 Å². The van der Waals surface area contributed by atoms with Crippen molar-refractivity contribution in [1.29, 1.82) is 0 Å². The van der Waals surface area contributed by atoms with Crippen LogP contribution in [0, 0.1) is 41.9 Å². The van der Waals surface area contributed by atoms with Crippen LogP contribution in [0.5, 0.6) is 0 Å². The van der Waals surface area contributed by atoms with Crippen molar-refractivity contribution in [3.63, 3.8) is 0 Å². The highest BCUT2D eigenvalue weighted by Gasteiger charge is 2.51. The number of carbonyl (C=O) groups excluding carboxylic acids is 6. The number of pyridine rings is 1. The molecule has 406 valence electrons. The average Bonchev–Trinajstić information content (AvgIpc) is 4.24. The van der Waals surface area contributed by atoms with Crippen LogP contribution in [0.3, 0.4) is 0 Å². The van der Waals surface area contributed by atoms with E-state index in [0.29, 0.717) is 72.7 Å². The molecule has 0 spiro atoms. The molecule has 3 aromatic heterocycles. The first-order chi connectivity index (χ1) is 38.5. The summed E-state index contributed by atoms with van der Waals surface area (Å²) >= 11 is 1.44. The smallest absolute Gasteiger partial charge is 0.270 e. The summed E-state index contributed by atoms with van der Waals surface area (Å²) in [6.45, 7) is 5.88. The summed E-state index contributed by atoms with van der Waals surface area (Å²) < 4.78 is 20.3. The molecule has 4 aliphatic carbocycles. The number of nitrogens with one attached hydrogen (secondary N) is 3. The van der Waals surface area contributed by atoms with Gasteiger partial charge in [0, 0.05) is 60.5 Å². The molecule has 6 amide bonds. The third kappa shape index (κ3) is 10.8. The predicted molar refractivity (Wildman–Crippen MR) is 294 cm³/mol. The molecule has 6 aromatic rings. The summed E-state index contributed by atoms with van der Waals surface area (Å²) in [6, 6.07) is 21.3. The molecule has 3 aromatic carbocycles. The summed E-state index contributed by atoms with van der Waals surface area (Å²) in [5.41, 5.74) is 7.50. The van der Waals surface area contributed by atoms with Crippen molar-refractivity contribution < 1.29 is 43.0 Å². The number of benzene rings is 3. The lowest BCUT2D eigenvalue weighted by atomic mass is 9.49. The maximum absolute atomic E-state index is 14.4. The summed E-state index contributed by atoms with van der Waals surface area (Å²) in [5, 5.41) is 13.8. The van der Waals surface area contributed by atoms with E-state index in [2.05, 4.69) is 55.3 Å². The summed E-state index contributed by atoms with van der Waals surface area (Å²) in [6.07, 6.45) is 10.7. The Kier molecular flexibility index (Phi) is 14.7. The standard InChI is InChI=1S/C60H61N9O9S/c1-36-46(33-62-68(36)35-60-30-38-26-39(31-60)28-40(27-38)32-60)42-13-15-51(67-19-17-41-7-4-8-43(47(41)34-67)54(71)66-59-63-48-9-2-3-10-50(48)79-59)64-53(42)56(73)61-18-21-77-23-25-78-24-22-76-20-5-6-37-11-12-44-45(29-37)58(75)69(57(44)74)49-14-16-52(70)65-55(49)72/h2-4,7-13,15,29,33,38-40,49H,14,16-28,30-32,34-35H2,1H3,(H,61,73)(H,63,66,71)(H,65,70,72). The zero-order chi connectivity index (χ0) is 54.2. The molecule has 4 saturated carbocycles. The zero-order valence-electron chi connectivity index (χ0n) is 44.0. The molecule has 0 radical (unpaired) electrons. The van der Waals surface area contributed by atoms with E-state index in [0.717, 1.165) is 61.8 Å². The first kappa shape index (κ1) is 52.1. The van der Waals surface area contributed by atoms with E-state index in [1.807, 2.05) is 54.7 Å². The molecule has 5 fully saturated rings. The van der Waals surface area contributed by atoms with E-state index in [9.17, 15) is 28.8 Å². The minimum absolute atomic E-state index is 0.0472. The Morgan fingerprint density at radius 2 is 1.54 bits per heavy atom. The zero-order valence-corrected chi connectivity index (χ0v) is 44.8. The number of carbonyl (C=O) groups is 6. The lowest BCUT2D eigenvalue weighted by molar-refractivity contribution is -0.136. The normalized spacial score (nSPS) is 21.9. The van der Waals surface area contributed by atoms with Crippen LogP contribution in [-0.2, 0) is 43.3 Å². The predicted octanol–water partition coefficient (Wildman–Crippen LogP) is 7.13. The number of fused-ring (bicyclic) bond motifs is 3. The first-order valence-electron chi connectivity index (χ1n) is 27.4. The van der Waals surface area contributed by atoms with Crippen LogP contribution in [0.1, 0.15) is 115 Å². The van der Waals surface area contributed by atoms with Crippen molar-refractivity contribution in [2.75, 3.05) is 62.9 Å². The number of para-hydroxylation sites is 1. The Balaban J connectivity index is 0.647. The van der Waals surface area contributed by atoms with Crippen LogP contribution in [0.4, 0.5) is 10.9 Å². The molecule has 18 nitrogen and oxygen atoms in total. The molecule has 19 heteroatoms. The van der Waals surface area contributed by atoms with Crippen LogP contribution in [0.2, 0.25) is 0 Å². The molecule has 3 N–H and O–H groups in total. The number of ether oxygens (including phenoxy) is 3. The van der Waals surface area contributed by atoms with Gasteiger partial charge in [-0.15, -0.1) is 0 Å². The Morgan fingerprint density at radius 1 is 0.797 bits per heavy atom. The van der Waals surface area contributed by atoms with E-state index < -0.39 is 29.7 Å². The van der Waals surface area contributed by atoms with E-state index in [1.54, 1.807) is 6.07 Å². The average molecular weight is 1080 g/mol. The number of rotatable bonds is 18. The van der Waals surface area contributed by atoms with Gasteiger partial charge in [-0.1, -0.05) is 47.4 Å². The Morgan fingerprint density at radius 3 is 2.33 bits per heavy atom. The van der Waals surface area contributed by atoms with Gasteiger partial charge in [0.05, 0.1) is 60.6 Å². The van der Waals surface area contributed by atoms with Crippen molar-refractivity contribution in [2.45, 2.75) is 83.8 Å². The molecule has 3 aliphatic heterocycles. The third-order valence-corrected chi connectivity index (χ3v) is 17.6. The van der Waals surface area contributed by atoms with Crippen molar-refractivity contribution in [3.8, 4) is 23.0 Å². The maximum atomic E-state index is 14.4. The number of imide groups is 2. The number of piperidine rings is 1. The quantitative estimate of drug-likeness (QED) is 0.0444. The Bertz CT molecular complexity index is 3420. The highest BCUT2D eigenvalue weighted by Crippen LogP contribution is 2.60.